The molecule has 31 heavy (non-hydrogen) atoms. The molecule has 0 amide bonds. The normalized spacial score (nSPS) is 17.9. The lowest BCUT2D eigenvalue weighted by Crippen LogP contribution is -2.29. The third-order valence-corrected chi connectivity index (χ3v) is 6.45. The summed E-state index contributed by atoms with van der Waals surface area (Å²) in [5.74, 6) is 0. The Kier molecular flexibility index (Phi) is 4.01. The maximum absolute atomic E-state index is 3.22. The molecule has 0 spiro atoms. The summed E-state index contributed by atoms with van der Waals surface area (Å²) < 4.78 is 0. The molecular formula is C31H20. The second-order valence-electron chi connectivity index (χ2n) is 8.01. The number of benzene rings is 4. The highest BCUT2D eigenvalue weighted by molar-refractivity contribution is 5.88. The van der Waals surface area contributed by atoms with Crippen molar-refractivity contribution < 1.29 is 0 Å². The molecule has 2 aliphatic carbocycles. The lowest BCUT2D eigenvalue weighted by molar-refractivity contribution is 0.767. The van der Waals surface area contributed by atoms with Crippen molar-refractivity contribution in [1.29, 1.82) is 0 Å². The standard InChI is InChI=1S/C31H20/c1-4-12-23(13-5-1)24-20-21-28-27-18-10-11-19-29(27)31(30(28)22-24,25-14-6-2-7-15-25)26-16-8-3-9-17-26/h1-2,4-8,10-22H. The summed E-state index contributed by atoms with van der Waals surface area (Å²) >= 11 is 0. The monoisotopic (exact) mass is 392 g/mol. The van der Waals surface area contributed by atoms with Crippen LogP contribution in [0.5, 0.6) is 0 Å². The fourth-order valence-corrected chi connectivity index (χ4v) is 5.15. The van der Waals surface area contributed by atoms with Gasteiger partial charge in [0.05, 0.1) is 5.41 Å². The quantitative estimate of drug-likeness (QED) is 0.317. The van der Waals surface area contributed by atoms with E-state index in [0.29, 0.717) is 0 Å². The van der Waals surface area contributed by atoms with Crippen molar-refractivity contribution in [3.05, 3.63) is 155 Å². The van der Waals surface area contributed by atoms with Gasteiger partial charge in [0, 0.05) is 0 Å². The van der Waals surface area contributed by atoms with Crippen LogP contribution in [-0.4, -0.2) is 0 Å². The second-order valence-corrected chi connectivity index (χ2v) is 8.01. The lowest BCUT2D eigenvalue weighted by Gasteiger charge is -2.34. The zero-order chi connectivity index (χ0) is 20.7. The number of hydrogen-bond donors (Lipinski definition) is 0. The van der Waals surface area contributed by atoms with E-state index >= 15 is 0 Å². The molecule has 0 aliphatic heterocycles. The summed E-state index contributed by atoms with van der Waals surface area (Å²) in [6.07, 6.45) is 6.25. The van der Waals surface area contributed by atoms with Gasteiger partial charge in [-0.2, -0.15) is 0 Å². The minimum atomic E-state index is -0.385. The minimum absolute atomic E-state index is 0.385. The molecule has 1 atom stereocenters. The summed E-state index contributed by atoms with van der Waals surface area (Å²) in [6, 6.07) is 37.2. The number of hydrogen-bond acceptors (Lipinski definition) is 0. The fraction of sp³-hybridized carbons (Fsp3) is 0.0323. The van der Waals surface area contributed by atoms with Gasteiger partial charge in [-0.05, 0) is 68.8 Å². The predicted molar refractivity (Wildman–Crippen MR) is 128 cm³/mol. The smallest absolute Gasteiger partial charge is 0.0702 e. The van der Waals surface area contributed by atoms with E-state index in [1.807, 2.05) is 6.08 Å². The van der Waals surface area contributed by atoms with E-state index in [1.54, 1.807) is 0 Å². The Morgan fingerprint density at radius 2 is 1.26 bits per heavy atom. The Hall–Kier alpha value is -4.08. The van der Waals surface area contributed by atoms with Crippen molar-refractivity contribution >= 4 is 0 Å². The molecule has 0 aromatic heterocycles. The molecule has 0 nitrogen and oxygen atoms in total. The maximum atomic E-state index is 3.22. The van der Waals surface area contributed by atoms with Crippen LogP contribution in [0.2, 0.25) is 0 Å². The van der Waals surface area contributed by atoms with Crippen LogP contribution >= 0.6 is 0 Å². The SMILES string of the molecule is C1=C=CC(C2(c3ccccc3)c3ccccc3-c3ccc(-c4ccccc4)cc32)=CC=1. The van der Waals surface area contributed by atoms with Crippen molar-refractivity contribution in [2.75, 3.05) is 0 Å². The van der Waals surface area contributed by atoms with E-state index in [-0.39, 0.29) is 5.41 Å². The maximum Gasteiger partial charge on any atom is 0.0720 e. The summed E-state index contributed by atoms with van der Waals surface area (Å²) in [6.45, 7) is 0. The van der Waals surface area contributed by atoms with Crippen LogP contribution < -0.4 is 0 Å². The molecule has 0 N–H and O–H groups in total. The van der Waals surface area contributed by atoms with Gasteiger partial charge < -0.3 is 0 Å². The molecule has 0 radical (unpaired) electrons. The van der Waals surface area contributed by atoms with E-state index in [9.17, 15) is 0 Å². The summed E-state index contributed by atoms with van der Waals surface area (Å²) in [7, 11) is 0. The van der Waals surface area contributed by atoms with Crippen LogP contribution in [-0.2, 0) is 5.41 Å². The second kappa shape index (κ2) is 7.01. The van der Waals surface area contributed by atoms with Gasteiger partial charge in [0.15, 0.2) is 0 Å². The van der Waals surface area contributed by atoms with E-state index in [0.717, 1.165) is 0 Å². The number of rotatable bonds is 3. The molecule has 0 fully saturated rings. The molecule has 4 aromatic carbocycles. The van der Waals surface area contributed by atoms with Crippen LogP contribution in [0, 0.1) is 0 Å². The molecule has 4 aromatic rings. The molecule has 0 saturated carbocycles. The molecular weight excluding hydrogens is 372 g/mol. The van der Waals surface area contributed by atoms with E-state index in [1.165, 1.54) is 44.5 Å². The number of allylic oxidation sites excluding steroid dienone is 4. The van der Waals surface area contributed by atoms with Gasteiger partial charge >= 0.3 is 0 Å². The largest absolute Gasteiger partial charge is 0.0720 e. The molecule has 0 bridgehead atoms. The Bertz CT molecular complexity index is 1420. The molecule has 144 valence electrons. The first-order chi connectivity index (χ1) is 15.4. The minimum Gasteiger partial charge on any atom is -0.0702 e. The summed E-state index contributed by atoms with van der Waals surface area (Å²) in [5, 5.41) is 0. The zero-order valence-electron chi connectivity index (χ0n) is 17.0. The van der Waals surface area contributed by atoms with Crippen molar-refractivity contribution in [3.63, 3.8) is 0 Å². The topological polar surface area (TPSA) is 0 Å². The van der Waals surface area contributed by atoms with Gasteiger partial charge in [0.25, 0.3) is 0 Å². The van der Waals surface area contributed by atoms with Gasteiger partial charge in [-0.15, -0.1) is 0 Å². The van der Waals surface area contributed by atoms with Gasteiger partial charge in [-0.1, -0.05) is 109 Å². The Labute approximate surface area is 182 Å². The van der Waals surface area contributed by atoms with Crippen molar-refractivity contribution in [1.82, 2.24) is 0 Å². The number of fused-ring (bicyclic) bond motifs is 3. The Morgan fingerprint density at radius 3 is 2.03 bits per heavy atom. The summed E-state index contributed by atoms with van der Waals surface area (Å²) in [4.78, 5) is 0. The molecule has 6 rings (SSSR count). The van der Waals surface area contributed by atoms with Gasteiger partial charge in [-0.3, -0.25) is 0 Å². The molecule has 0 heterocycles. The van der Waals surface area contributed by atoms with Gasteiger partial charge in [-0.25, -0.2) is 0 Å². The van der Waals surface area contributed by atoms with Crippen molar-refractivity contribution in [3.8, 4) is 22.3 Å². The Balaban J connectivity index is 1.73. The fourth-order valence-electron chi connectivity index (χ4n) is 5.15. The predicted octanol–water partition coefficient (Wildman–Crippen LogP) is 7.47. The van der Waals surface area contributed by atoms with Crippen molar-refractivity contribution in [2.45, 2.75) is 5.41 Å². The van der Waals surface area contributed by atoms with Crippen molar-refractivity contribution in [2.24, 2.45) is 0 Å². The highest BCUT2D eigenvalue weighted by Gasteiger charge is 2.46. The van der Waals surface area contributed by atoms with E-state index < -0.39 is 0 Å². The molecule has 0 heteroatoms. The van der Waals surface area contributed by atoms with E-state index in [4.69, 9.17) is 0 Å². The first-order valence-corrected chi connectivity index (χ1v) is 10.6. The molecule has 2 aliphatic rings. The highest BCUT2D eigenvalue weighted by atomic mass is 14.5. The van der Waals surface area contributed by atoms with Gasteiger partial charge in [0.2, 0.25) is 0 Å². The lowest BCUT2D eigenvalue weighted by atomic mass is 9.66. The molecule has 1 unspecified atom stereocenters. The molecule has 0 saturated heterocycles. The first kappa shape index (κ1) is 17.8. The van der Waals surface area contributed by atoms with Crippen LogP contribution in [0.15, 0.2) is 138 Å². The van der Waals surface area contributed by atoms with E-state index in [2.05, 4.69) is 127 Å². The first-order valence-electron chi connectivity index (χ1n) is 10.6. The van der Waals surface area contributed by atoms with Crippen LogP contribution in [0.4, 0.5) is 0 Å². The third kappa shape index (κ3) is 2.57. The average molecular weight is 393 g/mol. The van der Waals surface area contributed by atoms with Gasteiger partial charge in [0.1, 0.15) is 0 Å². The third-order valence-electron chi connectivity index (χ3n) is 6.45. The average Bonchev–Trinajstić information content (AvgIpc) is 3.16. The summed E-state index contributed by atoms with van der Waals surface area (Å²) in [5.41, 5.74) is 16.1. The Morgan fingerprint density at radius 1 is 0.548 bits per heavy atom. The highest BCUT2D eigenvalue weighted by Crippen LogP contribution is 2.57. The van der Waals surface area contributed by atoms with Crippen LogP contribution in [0.3, 0.4) is 0 Å². The van der Waals surface area contributed by atoms with Crippen LogP contribution in [0.1, 0.15) is 16.7 Å². The van der Waals surface area contributed by atoms with Crippen LogP contribution in [0.25, 0.3) is 22.3 Å². The zero-order valence-corrected chi connectivity index (χ0v) is 17.0.